The van der Waals surface area contributed by atoms with Gasteiger partial charge in [-0.3, -0.25) is 4.90 Å². The number of aromatic hydroxyl groups is 1. The molecule has 0 spiro atoms. The van der Waals surface area contributed by atoms with Crippen molar-refractivity contribution in [1.82, 2.24) is 9.80 Å². The molecule has 116 valence electrons. The highest BCUT2D eigenvalue weighted by Crippen LogP contribution is 2.49. The summed E-state index contributed by atoms with van der Waals surface area (Å²) in [7, 11) is 4.30. The third-order valence-electron chi connectivity index (χ3n) is 5.94. The van der Waals surface area contributed by atoms with Gasteiger partial charge in [0.1, 0.15) is 5.75 Å². The van der Waals surface area contributed by atoms with E-state index in [4.69, 9.17) is 0 Å². The third kappa shape index (κ3) is 2.47. The highest BCUT2D eigenvalue weighted by Gasteiger charge is 2.48. The molecule has 2 aliphatic rings. The van der Waals surface area contributed by atoms with Crippen LogP contribution in [0.2, 0.25) is 0 Å². The van der Waals surface area contributed by atoms with E-state index in [9.17, 15) is 5.11 Å². The zero-order valence-electron chi connectivity index (χ0n) is 13.8. The second-order valence-electron chi connectivity index (χ2n) is 7.41. The summed E-state index contributed by atoms with van der Waals surface area (Å²) < 4.78 is 0. The number of nitrogens with zero attached hydrogens (tertiary/aromatic N) is 2. The molecule has 1 aliphatic carbocycles. The predicted octanol–water partition coefficient (Wildman–Crippen LogP) is 2.48. The Morgan fingerprint density at radius 3 is 2.86 bits per heavy atom. The summed E-state index contributed by atoms with van der Waals surface area (Å²) >= 11 is 0. The van der Waals surface area contributed by atoms with Gasteiger partial charge in [0, 0.05) is 19.1 Å². The monoisotopic (exact) mass is 288 g/mol. The van der Waals surface area contributed by atoms with Crippen molar-refractivity contribution in [2.45, 2.75) is 38.1 Å². The molecule has 3 heteroatoms. The first-order valence-corrected chi connectivity index (χ1v) is 8.13. The lowest BCUT2D eigenvalue weighted by atomic mass is 9.59. The van der Waals surface area contributed by atoms with Gasteiger partial charge in [-0.05, 0) is 68.1 Å². The first-order chi connectivity index (χ1) is 9.91. The number of hydrogen-bond donors (Lipinski definition) is 1. The molecule has 3 rings (SSSR count). The van der Waals surface area contributed by atoms with E-state index in [1.54, 1.807) is 0 Å². The molecule has 1 saturated heterocycles. The zero-order valence-corrected chi connectivity index (χ0v) is 13.8. The largest absolute Gasteiger partial charge is 0.508 e. The highest BCUT2D eigenvalue weighted by molar-refractivity contribution is 5.44. The van der Waals surface area contributed by atoms with E-state index in [0.717, 1.165) is 19.5 Å². The maximum atomic E-state index is 9.87. The first-order valence-electron chi connectivity index (χ1n) is 8.13. The Hall–Kier alpha value is -1.06. The van der Waals surface area contributed by atoms with Crippen LogP contribution in [0.15, 0.2) is 18.2 Å². The molecule has 0 saturated carbocycles. The standard InChI is InChI=1S/C18H28N2O/c1-13-17-11-14-5-6-15(21)12-16(14)18(13,2)7-8-20(17)10-9-19(3)4/h5-6,12-13,17,21H,7-11H2,1-4H3/t13-,17+,18+/m1/s1. The van der Waals surface area contributed by atoms with Crippen LogP contribution in [-0.2, 0) is 11.8 Å². The summed E-state index contributed by atoms with van der Waals surface area (Å²) in [5.74, 6) is 1.05. The summed E-state index contributed by atoms with van der Waals surface area (Å²) in [6.45, 7) is 8.26. The molecule has 0 aromatic heterocycles. The van der Waals surface area contributed by atoms with Crippen LogP contribution in [-0.4, -0.2) is 54.7 Å². The molecular weight excluding hydrogens is 260 g/mol. The fraction of sp³-hybridized carbons (Fsp3) is 0.667. The first kappa shape index (κ1) is 14.9. The minimum absolute atomic E-state index is 0.214. The summed E-state index contributed by atoms with van der Waals surface area (Å²) in [5, 5.41) is 9.87. The van der Waals surface area contributed by atoms with Gasteiger partial charge < -0.3 is 10.0 Å². The molecule has 1 fully saturated rings. The molecule has 21 heavy (non-hydrogen) atoms. The van der Waals surface area contributed by atoms with Crippen molar-refractivity contribution in [3.8, 4) is 5.75 Å². The summed E-state index contributed by atoms with van der Waals surface area (Å²) in [6.07, 6.45) is 2.31. The number of benzene rings is 1. The molecular formula is C18H28N2O. The molecule has 2 bridgehead atoms. The number of rotatable bonds is 3. The average molecular weight is 288 g/mol. The van der Waals surface area contributed by atoms with Gasteiger partial charge in [-0.2, -0.15) is 0 Å². The van der Waals surface area contributed by atoms with Crippen molar-refractivity contribution in [2.24, 2.45) is 5.92 Å². The Balaban J connectivity index is 1.90. The van der Waals surface area contributed by atoms with Gasteiger partial charge in [0.25, 0.3) is 0 Å². The lowest BCUT2D eigenvalue weighted by Gasteiger charge is -2.54. The lowest BCUT2D eigenvalue weighted by Crippen LogP contribution is -2.58. The molecule has 1 heterocycles. The smallest absolute Gasteiger partial charge is 0.115 e. The Labute approximate surface area is 128 Å². The number of phenols is 1. The molecule has 0 radical (unpaired) electrons. The molecule has 3 nitrogen and oxygen atoms in total. The molecule has 3 atom stereocenters. The van der Waals surface area contributed by atoms with Crippen LogP contribution in [0.5, 0.6) is 5.75 Å². The SMILES string of the molecule is C[C@@H]1[C@@H]2Cc3ccc(O)cc3[C@@]1(C)CCN2CCN(C)C. The predicted molar refractivity (Wildman–Crippen MR) is 86.9 cm³/mol. The van der Waals surface area contributed by atoms with Crippen molar-refractivity contribution in [2.75, 3.05) is 33.7 Å². The van der Waals surface area contributed by atoms with Crippen LogP contribution in [0.1, 0.15) is 31.4 Å². The van der Waals surface area contributed by atoms with Gasteiger partial charge in [-0.25, -0.2) is 0 Å². The van der Waals surface area contributed by atoms with Crippen molar-refractivity contribution in [1.29, 1.82) is 0 Å². The van der Waals surface area contributed by atoms with E-state index < -0.39 is 0 Å². The van der Waals surface area contributed by atoms with Crippen LogP contribution in [0.3, 0.4) is 0 Å². The normalized spacial score (nSPS) is 32.2. The average Bonchev–Trinajstić information content (AvgIpc) is 2.43. The van der Waals surface area contributed by atoms with E-state index in [0.29, 0.717) is 17.7 Å². The van der Waals surface area contributed by atoms with Gasteiger partial charge in [-0.1, -0.05) is 19.9 Å². The Morgan fingerprint density at radius 1 is 1.38 bits per heavy atom. The second kappa shape index (κ2) is 5.29. The third-order valence-corrected chi connectivity index (χ3v) is 5.94. The number of fused-ring (bicyclic) bond motifs is 4. The Bertz CT molecular complexity index is 528. The van der Waals surface area contributed by atoms with Crippen LogP contribution in [0.25, 0.3) is 0 Å². The van der Waals surface area contributed by atoms with Crippen molar-refractivity contribution in [3.05, 3.63) is 29.3 Å². The highest BCUT2D eigenvalue weighted by atomic mass is 16.3. The number of hydrogen-bond acceptors (Lipinski definition) is 3. The quantitative estimate of drug-likeness (QED) is 0.925. The van der Waals surface area contributed by atoms with E-state index in [1.165, 1.54) is 24.1 Å². The van der Waals surface area contributed by atoms with Gasteiger partial charge >= 0.3 is 0 Å². The van der Waals surface area contributed by atoms with Crippen LogP contribution in [0.4, 0.5) is 0 Å². The lowest BCUT2D eigenvalue weighted by molar-refractivity contribution is 0.0278. The van der Waals surface area contributed by atoms with Crippen LogP contribution >= 0.6 is 0 Å². The van der Waals surface area contributed by atoms with Gasteiger partial charge in [0.05, 0.1) is 0 Å². The molecule has 1 aromatic carbocycles. The van der Waals surface area contributed by atoms with Gasteiger partial charge in [0.15, 0.2) is 0 Å². The number of likely N-dealkylation sites (N-methyl/N-ethyl adjacent to an activating group) is 1. The zero-order chi connectivity index (χ0) is 15.2. The maximum absolute atomic E-state index is 9.87. The van der Waals surface area contributed by atoms with E-state index in [-0.39, 0.29) is 5.41 Å². The van der Waals surface area contributed by atoms with Crippen LogP contribution in [0, 0.1) is 5.92 Å². The topological polar surface area (TPSA) is 26.7 Å². The Morgan fingerprint density at radius 2 is 2.14 bits per heavy atom. The van der Waals surface area contributed by atoms with Crippen molar-refractivity contribution in [3.63, 3.8) is 0 Å². The van der Waals surface area contributed by atoms with Crippen molar-refractivity contribution < 1.29 is 5.11 Å². The summed E-state index contributed by atoms with van der Waals surface area (Å²) in [5.41, 5.74) is 3.04. The maximum Gasteiger partial charge on any atom is 0.115 e. The summed E-state index contributed by atoms with van der Waals surface area (Å²) in [6, 6.07) is 6.63. The van der Waals surface area contributed by atoms with Gasteiger partial charge in [-0.15, -0.1) is 0 Å². The van der Waals surface area contributed by atoms with E-state index in [2.05, 4.69) is 43.8 Å². The minimum Gasteiger partial charge on any atom is -0.508 e. The second-order valence-corrected chi connectivity index (χ2v) is 7.41. The molecule has 0 amide bonds. The fourth-order valence-electron chi connectivity index (χ4n) is 4.30. The summed E-state index contributed by atoms with van der Waals surface area (Å²) in [4.78, 5) is 4.95. The van der Waals surface area contributed by atoms with Crippen LogP contribution < -0.4 is 0 Å². The number of likely N-dealkylation sites (tertiary alicyclic amines) is 1. The number of piperidine rings is 1. The fourth-order valence-corrected chi connectivity index (χ4v) is 4.30. The minimum atomic E-state index is 0.214. The van der Waals surface area contributed by atoms with Gasteiger partial charge in [0.2, 0.25) is 0 Å². The van der Waals surface area contributed by atoms with E-state index in [1.807, 2.05) is 12.1 Å². The van der Waals surface area contributed by atoms with Crippen molar-refractivity contribution >= 4 is 0 Å². The molecule has 0 unspecified atom stereocenters. The van der Waals surface area contributed by atoms with E-state index >= 15 is 0 Å². The molecule has 1 N–H and O–H groups in total. The molecule has 1 aromatic rings. The number of phenolic OH excluding ortho intramolecular Hbond substituents is 1. The molecule has 1 aliphatic heterocycles. The Kier molecular flexibility index (Phi) is 3.74.